The average molecular weight is 462 g/mol. The molecular weight excluding hydrogens is 434 g/mol. The van der Waals surface area contributed by atoms with Gasteiger partial charge in [-0.25, -0.2) is 0 Å². The normalized spacial score (nSPS) is 12.9. The maximum absolute atomic E-state index is 12.4. The molecule has 4 rings (SSSR count). The highest BCUT2D eigenvalue weighted by molar-refractivity contribution is 6.31. The van der Waals surface area contributed by atoms with Crippen molar-refractivity contribution in [1.29, 1.82) is 0 Å². The van der Waals surface area contributed by atoms with Crippen LogP contribution in [0.5, 0.6) is 0 Å². The second-order valence-corrected chi connectivity index (χ2v) is 8.54. The number of nitrogens with two attached hydrogens (primary N) is 1. The number of hydrogen-bond donors (Lipinski definition) is 1. The summed E-state index contributed by atoms with van der Waals surface area (Å²) in [6.07, 6.45) is 0.250. The van der Waals surface area contributed by atoms with Crippen LogP contribution >= 0.6 is 11.6 Å². The first-order valence-corrected chi connectivity index (χ1v) is 11.2. The van der Waals surface area contributed by atoms with Crippen LogP contribution in [0.2, 0.25) is 5.02 Å². The lowest BCUT2D eigenvalue weighted by Crippen LogP contribution is -2.38. The smallest absolute Gasteiger partial charge is 0.248 e. The summed E-state index contributed by atoms with van der Waals surface area (Å²) < 4.78 is 0. The predicted molar refractivity (Wildman–Crippen MR) is 135 cm³/mol. The number of anilines is 1. The van der Waals surface area contributed by atoms with Gasteiger partial charge in [0.1, 0.15) is 6.54 Å². The van der Waals surface area contributed by atoms with Crippen molar-refractivity contribution in [2.75, 3.05) is 11.4 Å². The van der Waals surface area contributed by atoms with Crippen molar-refractivity contribution >= 4 is 34.8 Å². The molecule has 2 N–H and O–H groups in total. The molecule has 1 aliphatic heterocycles. The van der Waals surface area contributed by atoms with Gasteiger partial charge in [-0.05, 0) is 44.0 Å². The van der Waals surface area contributed by atoms with Crippen LogP contribution in [0, 0.1) is 6.92 Å². The summed E-state index contributed by atoms with van der Waals surface area (Å²) >= 11 is 5.85. The molecule has 0 radical (unpaired) electrons. The molecule has 0 spiro atoms. The molecule has 0 bridgehead atoms. The highest BCUT2D eigenvalue weighted by atomic mass is 35.5. The largest absolute Gasteiger partial charge is 0.369 e. The number of primary amides is 1. The predicted octanol–water partition coefficient (Wildman–Crippen LogP) is 4.96. The van der Waals surface area contributed by atoms with E-state index in [-0.39, 0.29) is 30.8 Å². The number of fused-ring (bicyclic) bond motifs is 1. The van der Waals surface area contributed by atoms with Gasteiger partial charge >= 0.3 is 0 Å². The lowest BCUT2D eigenvalue weighted by molar-refractivity contribution is -0.118. The highest BCUT2D eigenvalue weighted by Crippen LogP contribution is 2.28. The fourth-order valence-electron chi connectivity index (χ4n) is 3.68. The Morgan fingerprint density at radius 2 is 1.73 bits per heavy atom. The summed E-state index contributed by atoms with van der Waals surface area (Å²) in [4.78, 5) is 29.4. The number of amides is 2. The van der Waals surface area contributed by atoms with E-state index in [0.29, 0.717) is 5.02 Å². The molecule has 3 aromatic carbocycles. The zero-order chi connectivity index (χ0) is 24.0. The van der Waals surface area contributed by atoms with Crippen molar-refractivity contribution in [3.63, 3.8) is 0 Å². The number of aliphatic imine (C=N–C) groups is 1. The lowest BCUT2D eigenvalue weighted by Gasteiger charge is -2.26. The van der Waals surface area contributed by atoms with Gasteiger partial charge in [0, 0.05) is 22.2 Å². The molecule has 0 aromatic heterocycles. The molecule has 0 aliphatic carbocycles. The van der Waals surface area contributed by atoms with Gasteiger partial charge in [0.25, 0.3) is 0 Å². The van der Waals surface area contributed by atoms with Gasteiger partial charge in [-0.15, -0.1) is 0 Å². The molecule has 3 aromatic rings. The first-order chi connectivity index (χ1) is 15.8. The van der Waals surface area contributed by atoms with Crippen LogP contribution in [0.1, 0.15) is 36.1 Å². The highest BCUT2D eigenvalue weighted by Gasteiger charge is 2.26. The number of halogens is 1. The van der Waals surface area contributed by atoms with Crippen molar-refractivity contribution in [1.82, 2.24) is 0 Å². The molecule has 0 saturated carbocycles. The van der Waals surface area contributed by atoms with Crippen LogP contribution in [0.15, 0.2) is 77.8 Å². The topological polar surface area (TPSA) is 75.8 Å². The van der Waals surface area contributed by atoms with E-state index in [0.717, 1.165) is 33.7 Å². The van der Waals surface area contributed by atoms with Crippen LogP contribution in [0.3, 0.4) is 0 Å². The van der Waals surface area contributed by atoms with Crippen molar-refractivity contribution in [3.8, 4) is 0 Å². The number of benzodiazepines with no additional fused rings is 1. The molecule has 5 nitrogen and oxygen atoms in total. The van der Waals surface area contributed by atoms with E-state index in [2.05, 4.69) is 4.99 Å². The molecule has 0 unspecified atom stereocenters. The van der Waals surface area contributed by atoms with Gasteiger partial charge in [-0.3, -0.25) is 14.6 Å². The number of hydrogen-bond acceptors (Lipinski definition) is 3. The van der Waals surface area contributed by atoms with Gasteiger partial charge in [0.05, 0.1) is 17.8 Å². The van der Waals surface area contributed by atoms with Gasteiger partial charge in [0.15, 0.2) is 0 Å². The number of benzene rings is 3. The minimum atomic E-state index is -0.338. The Labute approximate surface area is 199 Å². The molecular formula is C27H28ClN3O2. The minimum Gasteiger partial charge on any atom is -0.369 e. The fourth-order valence-corrected chi connectivity index (χ4v) is 3.89. The molecule has 2 amide bonds. The van der Waals surface area contributed by atoms with E-state index >= 15 is 0 Å². The van der Waals surface area contributed by atoms with Crippen LogP contribution in [-0.4, -0.2) is 30.1 Å². The van der Waals surface area contributed by atoms with Crippen LogP contribution in [-0.2, 0) is 16.0 Å². The quantitative estimate of drug-likeness (QED) is 0.596. The summed E-state index contributed by atoms with van der Waals surface area (Å²) in [5, 5.41) is 0.675. The molecule has 0 atom stereocenters. The number of carbonyl (C=O) groups excluding carboxylic acids is 2. The maximum atomic E-state index is 12.4. The van der Waals surface area contributed by atoms with Gasteiger partial charge in [0.2, 0.25) is 11.8 Å². The first kappa shape index (κ1) is 24.2. The zero-order valence-electron chi connectivity index (χ0n) is 19.1. The zero-order valence-corrected chi connectivity index (χ0v) is 19.8. The van der Waals surface area contributed by atoms with Gasteiger partial charge in [-0.2, -0.15) is 0 Å². The van der Waals surface area contributed by atoms with E-state index in [4.69, 9.17) is 17.3 Å². The number of nitrogens with zero attached hydrogens (tertiary/aromatic N) is 2. The summed E-state index contributed by atoms with van der Waals surface area (Å²) in [5.74, 6) is -0.293. The average Bonchev–Trinajstić information content (AvgIpc) is 2.93. The monoisotopic (exact) mass is 461 g/mol. The van der Waals surface area contributed by atoms with E-state index < -0.39 is 0 Å². The Bertz CT molecular complexity index is 1170. The van der Waals surface area contributed by atoms with Gasteiger partial charge in [-0.1, -0.05) is 72.3 Å². The van der Waals surface area contributed by atoms with Crippen molar-refractivity contribution in [3.05, 3.63) is 100 Å². The number of carbonyl (C=O) groups is 2. The standard InChI is InChI=1S/C18H18N2O.C9H10ClNO/c1-13(2)20-16-11-7-6-10-15(16)18(19-12-17(20)21)14-8-4-3-5-9-14;1-6-2-3-7(4-8(6)10)5-9(11)12/h3-11,13H,12H2,1-2H3;2-4H,5H2,1H3,(H2,11,12). The van der Waals surface area contributed by atoms with E-state index in [1.807, 2.05) is 92.4 Å². The number of para-hydroxylation sites is 1. The fraction of sp³-hybridized carbons (Fsp3) is 0.222. The maximum Gasteiger partial charge on any atom is 0.248 e. The Morgan fingerprint density at radius 1 is 1.06 bits per heavy atom. The third-order valence-electron chi connectivity index (χ3n) is 5.24. The van der Waals surface area contributed by atoms with E-state index in [1.165, 1.54) is 0 Å². The molecule has 1 heterocycles. The van der Waals surface area contributed by atoms with Gasteiger partial charge < -0.3 is 10.6 Å². The first-order valence-electron chi connectivity index (χ1n) is 10.8. The lowest BCUT2D eigenvalue weighted by atomic mass is 10.00. The molecule has 33 heavy (non-hydrogen) atoms. The molecule has 170 valence electrons. The Hall–Kier alpha value is -3.44. The Kier molecular flexibility index (Phi) is 8.01. The number of aryl methyl sites for hydroxylation is 1. The third-order valence-corrected chi connectivity index (χ3v) is 5.65. The van der Waals surface area contributed by atoms with Crippen molar-refractivity contribution in [2.45, 2.75) is 33.2 Å². The summed E-state index contributed by atoms with van der Waals surface area (Å²) in [6.45, 7) is 6.16. The molecule has 0 fully saturated rings. The van der Waals surface area contributed by atoms with Crippen LogP contribution in [0.4, 0.5) is 5.69 Å². The second kappa shape index (κ2) is 10.9. The summed E-state index contributed by atoms with van der Waals surface area (Å²) in [6, 6.07) is 23.6. The van der Waals surface area contributed by atoms with Crippen molar-refractivity contribution in [2.24, 2.45) is 10.7 Å². The van der Waals surface area contributed by atoms with E-state index in [1.54, 1.807) is 6.07 Å². The second-order valence-electron chi connectivity index (χ2n) is 8.13. The van der Waals surface area contributed by atoms with Crippen LogP contribution in [0.25, 0.3) is 0 Å². The van der Waals surface area contributed by atoms with Crippen LogP contribution < -0.4 is 10.6 Å². The molecule has 1 aliphatic rings. The molecule has 6 heteroatoms. The third kappa shape index (κ3) is 6.08. The Balaban J connectivity index is 0.000000218. The van der Waals surface area contributed by atoms with Crippen molar-refractivity contribution < 1.29 is 9.59 Å². The Morgan fingerprint density at radius 3 is 2.36 bits per heavy atom. The summed E-state index contributed by atoms with van der Waals surface area (Å²) in [5.41, 5.74) is 10.8. The summed E-state index contributed by atoms with van der Waals surface area (Å²) in [7, 11) is 0. The van der Waals surface area contributed by atoms with E-state index in [9.17, 15) is 9.59 Å². The SMILES string of the molecule is CC(C)N1C(=O)CN=C(c2ccccc2)c2ccccc21.Cc1ccc(CC(N)=O)cc1Cl. The minimum absolute atomic E-state index is 0.0448. The number of rotatable bonds is 4. The molecule has 0 saturated heterocycles.